The average Bonchev–Trinajstić information content (AvgIpc) is 2.84. The second-order valence-electron chi connectivity index (χ2n) is 8.14. The van der Waals surface area contributed by atoms with Gasteiger partial charge in [0.15, 0.2) is 12.6 Å². The molecule has 2 fully saturated rings. The molecule has 14 atom stereocenters. The first-order valence-corrected chi connectivity index (χ1v) is 10.5. The summed E-state index contributed by atoms with van der Waals surface area (Å²) in [4.78, 5) is 0. The smallest absolute Gasteiger partial charge is 0.187 e. The first-order chi connectivity index (χ1) is 16.0. The van der Waals surface area contributed by atoms with Gasteiger partial charge in [0.05, 0.1) is 26.4 Å². The zero-order valence-corrected chi connectivity index (χ0v) is 17.9. The Labute approximate surface area is 193 Å². The van der Waals surface area contributed by atoms with Crippen LogP contribution in [0.25, 0.3) is 0 Å². The molecule has 2 aliphatic rings. The molecule has 34 heavy (non-hydrogen) atoms. The van der Waals surface area contributed by atoms with Crippen molar-refractivity contribution < 1.29 is 80.2 Å². The van der Waals surface area contributed by atoms with Crippen molar-refractivity contribution in [1.82, 2.24) is 0 Å². The van der Waals surface area contributed by atoms with E-state index >= 15 is 0 Å². The van der Waals surface area contributed by atoms with Gasteiger partial charge in [-0.1, -0.05) is 0 Å². The molecule has 16 heteroatoms. The minimum absolute atomic E-state index is 0.758. The highest BCUT2D eigenvalue weighted by Crippen LogP contribution is 2.29. The second-order valence-corrected chi connectivity index (χ2v) is 8.14. The SMILES string of the molecule is OCC(O)[C@@H](O)[C@H](O)[C@H](O)CO[C@@H]1OC(CO)[C@H](O)[C@H](O[C@@H]2OC(CO)[C@H](O)[C@H](O)C2O)C1O. The van der Waals surface area contributed by atoms with Crippen LogP contribution in [0.5, 0.6) is 0 Å². The van der Waals surface area contributed by atoms with Crippen molar-refractivity contribution in [1.29, 1.82) is 0 Å². The van der Waals surface area contributed by atoms with Crippen LogP contribution in [0.2, 0.25) is 0 Å². The van der Waals surface area contributed by atoms with E-state index in [1.807, 2.05) is 0 Å². The Morgan fingerprint density at radius 1 is 0.618 bits per heavy atom. The van der Waals surface area contributed by atoms with Gasteiger partial charge in [0.1, 0.15) is 73.2 Å². The third-order valence-electron chi connectivity index (χ3n) is 5.72. The summed E-state index contributed by atoms with van der Waals surface area (Å²) in [6.45, 7) is -3.25. The molecule has 0 aromatic heterocycles. The molecule has 0 amide bonds. The van der Waals surface area contributed by atoms with Crippen molar-refractivity contribution >= 4 is 0 Å². The number of ether oxygens (including phenoxy) is 4. The van der Waals surface area contributed by atoms with E-state index in [-0.39, 0.29) is 0 Å². The Morgan fingerprint density at radius 3 is 1.71 bits per heavy atom. The summed E-state index contributed by atoms with van der Waals surface area (Å²) in [5.74, 6) is 0. The van der Waals surface area contributed by atoms with E-state index in [1.165, 1.54) is 0 Å². The molecule has 2 rings (SSSR count). The topological polar surface area (TPSA) is 280 Å². The van der Waals surface area contributed by atoms with E-state index < -0.39 is 112 Å². The van der Waals surface area contributed by atoms with E-state index in [0.29, 0.717) is 0 Å². The van der Waals surface area contributed by atoms with Gasteiger partial charge in [0.25, 0.3) is 0 Å². The van der Waals surface area contributed by atoms with Crippen molar-refractivity contribution in [2.45, 2.75) is 85.8 Å². The van der Waals surface area contributed by atoms with Crippen LogP contribution in [-0.4, -0.2) is 174 Å². The molecule has 12 N–H and O–H groups in total. The highest BCUT2D eigenvalue weighted by molar-refractivity contribution is 4.94. The summed E-state index contributed by atoms with van der Waals surface area (Å²) in [6, 6.07) is 0. The van der Waals surface area contributed by atoms with Gasteiger partial charge in [-0.25, -0.2) is 0 Å². The third kappa shape index (κ3) is 6.56. The largest absolute Gasteiger partial charge is 0.394 e. The Hall–Kier alpha value is -0.640. The van der Waals surface area contributed by atoms with Crippen LogP contribution in [0.3, 0.4) is 0 Å². The van der Waals surface area contributed by atoms with Gasteiger partial charge in [-0.3, -0.25) is 0 Å². The molecule has 5 unspecified atom stereocenters. The summed E-state index contributed by atoms with van der Waals surface area (Å²) in [7, 11) is 0. The predicted molar refractivity (Wildman–Crippen MR) is 103 cm³/mol. The maximum atomic E-state index is 10.6. The molecule has 0 aromatic carbocycles. The predicted octanol–water partition coefficient (Wildman–Crippen LogP) is -7.94. The molecule has 0 aliphatic carbocycles. The van der Waals surface area contributed by atoms with E-state index in [0.717, 1.165) is 0 Å². The van der Waals surface area contributed by atoms with Crippen LogP contribution in [0.1, 0.15) is 0 Å². The van der Waals surface area contributed by atoms with E-state index in [9.17, 15) is 56.2 Å². The first kappa shape index (κ1) is 29.6. The van der Waals surface area contributed by atoms with Crippen molar-refractivity contribution in [2.24, 2.45) is 0 Å². The second kappa shape index (κ2) is 13.1. The summed E-state index contributed by atoms with van der Waals surface area (Å²) < 4.78 is 21.0. The number of aliphatic hydroxyl groups is 12. The van der Waals surface area contributed by atoms with Crippen LogP contribution >= 0.6 is 0 Å². The van der Waals surface area contributed by atoms with Crippen LogP contribution in [-0.2, 0) is 18.9 Å². The lowest BCUT2D eigenvalue weighted by Crippen LogP contribution is -2.65. The van der Waals surface area contributed by atoms with Crippen molar-refractivity contribution in [3.63, 3.8) is 0 Å². The lowest BCUT2D eigenvalue weighted by atomic mass is 9.97. The first-order valence-electron chi connectivity index (χ1n) is 10.5. The molecule has 0 bridgehead atoms. The zero-order valence-electron chi connectivity index (χ0n) is 17.9. The molecule has 16 nitrogen and oxygen atoms in total. The monoisotopic (exact) mass is 506 g/mol. The normalized spacial score (nSPS) is 42.7. The Morgan fingerprint density at radius 2 is 1.15 bits per heavy atom. The Bertz CT molecular complexity index is 596. The molecule has 2 aliphatic heterocycles. The lowest BCUT2D eigenvalue weighted by Gasteiger charge is -2.46. The molecule has 202 valence electrons. The molecule has 2 heterocycles. The third-order valence-corrected chi connectivity index (χ3v) is 5.72. The van der Waals surface area contributed by atoms with Crippen molar-refractivity contribution in [2.75, 3.05) is 26.4 Å². The van der Waals surface area contributed by atoms with Crippen LogP contribution in [0, 0.1) is 0 Å². The number of hydrogen-bond acceptors (Lipinski definition) is 16. The van der Waals surface area contributed by atoms with Gasteiger partial charge < -0.3 is 80.2 Å². The number of hydrogen-bond donors (Lipinski definition) is 12. The molecular formula is C18H34O16. The summed E-state index contributed by atoms with van der Waals surface area (Å²) in [6.07, 6.45) is -24.3. The fraction of sp³-hybridized carbons (Fsp3) is 1.00. The maximum absolute atomic E-state index is 10.6. The molecule has 0 spiro atoms. The molecule has 0 saturated carbocycles. The van der Waals surface area contributed by atoms with E-state index in [2.05, 4.69) is 0 Å². The van der Waals surface area contributed by atoms with Gasteiger partial charge in [0.2, 0.25) is 0 Å². The summed E-state index contributed by atoms with van der Waals surface area (Å²) >= 11 is 0. The molecular weight excluding hydrogens is 472 g/mol. The van der Waals surface area contributed by atoms with Crippen molar-refractivity contribution in [3.05, 3.63) is 0 Å². The fourth-order valence-corrected chi connectivity index (χ4v) is 3.54. The Balaban J connectivity index is 2.08. The Kier molecular flexibility index (Phi) is 11.4. The van der Waals surface area contributed by atoms with Crippen LogP contribution in [0.4, 0.5) is 0 Å². The summed E-state index contributed by atoms with van der Waals surface area (Å²) in [5.41, 5.74) is 0. The minimum Gasteiger partial charge on any atom is -0.394 e. The van der Waals surface area contributed by atoms with Crippen LogP contribution in [0.15, 0.2) is 0 Å². The van der Waals surface area contributed by atoms with Crippen LogP contribution < -0.4 is 0 Å². The summed E-state index contributed by atoms with van der Waals surface area (Å²) in [5, 5.41) is 117. The zero-order chi connectivity index (χ0) is 25.7. The van der Waals surface area contributed by atoms with E-state index in [4.69, 9.17) is 24.1 Å². The minimum atomic E-state index is -1.97. The average molecular weight is 506 g/mol. The van der Waals surface area contributed by atoms with Gasteiger partial charge in [-0.15, -0.1) is 0 Å². The quantitative estimate of drug-likeness (QED) is 0.124. The molecule has 0 radical (unpaired) electrons. The number of rotatable bonds is 11. The highest BCUT2D eigenvalue weighted by atomic mass is 16.7. The highest BCUT2D eigenvalue weighted by Gasteiger charge is 2.51. The van der Waals surface area contributed by atoms with Gasteiger partial charge >= 0.3 is 0 Å². The molecule has 0 aromatic rings. The van der Waals surface area contributed by atoms with Crippen molar-refractivity contribution in [3.8, 4) is 0 Å². The van der Waals surface area contributed by atoms with Gasteiger partial charge in [-0.2, -0.15) is 0 Å². The lowest BCUT2D eigenvalue weighted by molar-refractivity contribution is -0.361. The maximum Gasteiger partial charge on any atom is 0.187 e. The molecule has 2 saturated heterocycles. The van der Waals surface area contributed by atoms with E-state index in [1.54, 1.807) is 0 Å². The number of aliphatic hydroxyl groups excluding tert-OH is 12. The fourth-order valence-electron chi connectivity index (χ4n) is 3.54. The van der Waals surface area contributed by atoms with Gasteiger partial charge in [0, 0.05) is 0 Å². The van der Waals surface area contributed by atoms with Gasteiger partial charge in [-0.05, 0) is 0 Å². The standard InChI is InChI=1S/C18H34O16/c19-1-5(22)9(24)10(25)6(23)4-31-17-15(30)16(12(27)8(3-21)32-17)34-18-14(29)13(28)11(26)7(2-20)33-18/h5-30H,1-4H2/t5?,6-,7?,8?,9-,10-,11+,12+,13+,14?,15?,16+,17-,18+/m1/s1.